The summed E-state index contributed by atoms with van der Waals surface area (Å²) in [6.45, 7) is 4.86. The van der Waals surface area contributed by atoms with E-state index in [-0.39, 0.29) is 11.3 Å². The van der Waals surface area contributed by atoms with Crippen molar-refractivity contribution in [1.29, 1.82) is 0 Å². The topological polar surface area (TPSA) is 33.2 Å². The van der Waals surface area contributed by atoms with Crippen molar-refractivity contribution in [3.63, 3.8) is 0 Å². The summed E-state index contributed by atoms with van der Waals surface area (Å²) in [7, 11) is 0. The fourth-order valence-corrected chi connectivity index (χ4v) is 2.41. The van der Waals surface area contributed by atoms with Crippen LogP contribution < -0.4 is 4.90 Å². The zero-order chi connectivity index (χ0) is 16.0. The van der Waals surface area contributed by atoms with Crippen molar-refractivity contribution in [3.05, 3.63) is 60.4 Å². The van der Waals surface area contributed by atoms with Crippen LogP contribution in [0.4, 0.5) is 5.69 Å². The number of carbonyl (C=O) groups is 1. The van der Waals surface area contributed by atoms with Crippen molar-refractivity contribution in [2.24, 2.45) is 5.41 Å². The summed E-state index contributed by atoms with van der Waals surface area (Å²) in [6, 6.07) is 15.6. The zero-order valence-corrected chi connectivity index (χ0v) is 13.0. The number of pyridine rings is 1. The normalized spacial score (nSPS) is 15.7. The highest BCUT2D eigenvalue weighted by molar-refractivity contribution is 5.97. The molecule has 1 aromatic heterocycles. The first-order chi connectivity index (χ1) is 10.5. The quantitative estimate of drug-likeness (QED) is 0.754. The Morgan fingerprint density at radius 1 is 1.14 bits per heavy atom. The molecule has 22 heavy (non-hydrogen) atoms. The first-order valence-corrected chi connectivity index (χ1v) is 7.25. The van der Waals surface area contributed by atoms with Gasteiger partial charge in [-0.1, -0.05) is 50.2 Å². The number of benzene rings is 1. The van der Waals surface area contributed by atoms with E-state index in [1.807, 2.05) is 42.5 Å². The summed E-state index contributed by atoms with van der Waals surface area (Å²) in [5, 5.41) is 0. The highest BCUT2D eigenvalue weighted by atomic mass is 16.2. The van der Waals surface area contributed by atoms with E-state index in [0.717, 1.165) is 5.69 Å². The average molecular weight is 292 g/mol. The van der Waals surface area contributed by atoms with Gasteiger partial charge in [-0.15, -0.1) is 6.42 Å². The van der Waals surface area contributed by atoms with Crippen molar-refractivity contribution < 1.29 is 4.79 Å². The third-order valence-electron chi connectivity index (χ3n) is 3.40. The lowest BCUT2D eigenvalue weighted by atomic mass is 9.93. The molecule has 3 rings (SSSR count). The first-order valence-electron chi connectivity index (χ1n) is 7.25. The molecular weight excluding hydrogens is 272 g/mol. The molecule has 1 aliphatic heterocycles. The Balaban J connectivity index is 0.000000246. The van der Waals surface area contributed by atoms with Gasteiger partial charge in [-0.3, -0.25) is 4.79 Å². The van der Waals surface area contributed by atoms with Gasteiger partial charge >= 0.3 is 0 Å². The van der Waals surface area contributed by atoms with Crippen LogP contribution in [0.2, 0.25) is 0 Å². The second kappa shape index (κ2) is 6.91. The third-order valence-corrected chi connectivity index (χ3v) is 3.40. The minimum absolute atomic E-state index is 0.0127. The van der Waals surface area contributed by atoms with E-state index in [0.29, 0.717) is 18.7 Å². The second-order valence-corrected chi connectivity index (χ2v) is 5.99. The van der Waals surface area contributed by atoms with Crippen molar-refractivity contribution in [2.45, 2.75) is 20.3 Å². The van der Waals surface area contributed by atoms with Gasteiger partial charge in [-0.2, -0.15) is 0 Å². The molecule has 0 atom stereocenters. The van der Waals surface area contributed by atoms with Gasteiger partial charge in [-0.25, -0.2) is 4.98 Å². The van der Waals surface area contributed by atoms with Crippen molar-refractivity contribution in [3.8, 4) is 12.3 Å². The van der Waals surface area contributed by atoms with E-state index in [9.17, 15) is 4.79 Å². The van der Waals surface area contributed by atoms with Gasteiger partial charge in [0.2, 0.25) is 5.91 Å². The van der Waals surface area contributed by atoms with E-state index < -0.39 is 0 Å². The molecule has 1 aliphatic rings. The lowest BCUT2D eigenvalue weighted by Gasteiger charge is -2.20. The summed E-state index contributed by atoms with van der Waals surface area (Å²) >= 11 is 0. The summed E-state index contributed by atoms with van der Waals surface area (Å²) < 4.78 is 0. The Morgan fingerprint density at radius 2 is 1.73 bits per heavy atom. The minimum atomic E-state index is 0.0127. The van der Waals surface area contributed by atoms with E-state index in [2.05, 4.69) is 24.8 Å². The molecule has 0 spiro atoms. The monoisotopic (exact) mass is 292 g/mol. The maximum absolute atomic E-state index is 11.9. The number of rotatable bonds is 1. The van der Waals surface area contributed by atoms with Gasteiger partial charge in [0.1, 0.15) is 5.69 Å². The molecule has 1 saturated heterocycles. The molecular formula is C19H20N2O. The van der Waals surface area contributed by atoms with Crippen molar-refractivity contribution in [2.75, 3.05) is 11.4 Å². The first kappa shape index (κ1) is 15.8. The molecule has 0 unspecified atom stereocenters. The molecule has 112 valence electrons. The number of anilines is 1. The van der Waals surface area contributed by atoms with Crippen LogP contribution in [0, 0.1) is 17.8 Å². The Labute approximate surface area is 132 Å². The van der Waals surface area contributed by atoms with Crippen LogP contribution in [0.1, 0.15) is 26.0 Å². The van der Waals surface area contributed by atoms with Crippen molar-refractivity contribution in [1.82, 2.24) is 4.98 Å². The van der Waals surface area contributed by atoms with E-state index in [1.54, 1.807) is 17.2 Å². The Hall–Kier alpha value is -2.60. The maximum Gasteiger partial charge on any atom is 0.227 e. The molecule has 0 bridgehead atoms. The minimum Gasteiger partial charge on any atom is -0.309 e. The van der Waals surface area contributed by atoms with Crippen LogP contribution in [-0.4, -0.2) is 17.4 Å². The number of hydrogen-bond donors (Lipinski definition) is 0. The average Bonchev–Trinajstić information content (AvgIpc) is 2.82. The van der Waals surface area contributed by atoms with Crippen LogP contribution in [0.5, 0.6) is 0 Å². The number of aromatic nitrogens is 1. The molecule has 1 fully saturated rings. The van der Waals surface area contributed by atoms with E-state index in [1.165, 1.54) is 0 Å². The molecule has 0 N–H and O–H groups in total. The number of nitrogens with zero attached hydrogens (tertiary/aromatic N) is 2. The van der Waals surface area contributed by atoms with Gasteiger partial charge in [0.25, 0.3) is 0 Å². The molecule has 1 amide bonds. The predicted octanol–water partition coefficient (Wildman–Crippen LogP) is 3.51. The second-order valence-electron chi connectivity index (χ2n) is 5.99. The fraction of sp³-hybridized carbons (Fsp3) is 0.263. The molecule has 0 aliphatic carbocycles. The predicted molar refractivity (Wildman–Crippen MR) is 89.4 cm³/mol. The molecule has 3 nitrogen and oxygen atoms in total. The molecule has 2 heterocycles. The Morgan fingerprint density at radius 3 is 2.18 bits per heavy atom. The van der Waals surface area contributed by atoms with Gasteiger partial charge < -0.3 is 4.90 Å². The largest absolute Gasteiger partial charge is 0.309 e. The van der Waals surface area contributed by atoms with Gasteiger partial charge in [0.15, 0.2) is 0 Å². The smallest absolute Gasteiger partial charge is 0.227 e. The number of amides is 1. The SMILES string of the molecule is C#Cc1ncccc1N1CC(C)(C)CC1=O.c1ccccc1. The number of terminal acetylenes is 1. The van der Waals surface area contributed by atoms with Gasteiger partial charge in [0.05, 0.1) is 5.69 Å². The third kappa shape index (κ3) is 3.95. The van der Waals surface area contributed by atoms with Crippen LogP contribution in [0.25, 0.3) is 0 Å². The number of carbonyl (C=O) groups excluding carboxylic acids is 1. The highest BCUT2D eigenvalue weighted by Crippen LogP contribution is 2.34. The molecule has 1 aromatic carbocycles. The lowest BCUT2D eigenvalue weighted by molar-refractivity contribution is -0.117. The van der Waals surface area contributed by atoms with Crippen LogP contribution in [-0.2, 0) is 4.79 Å². The highest BCUT2D eigenvalue weighted by Gasteiger charge is 2.37. The van der Waals surface area contributed by atoms with Crippen molar-refractivity contribution >= 4 is 11.6 Å². The van der Waals surface area contributed by atoms with Crippen LogP contribution in [0.15, 0.2) is 54.7 Å². The van der Waals surface area contributed by atoms with Crippen LogP contribution in [0.3, 0.4) is 0 Å². The molecule has 3 heteroatoms. The Kier molecular flexibility index (Phi) is 4.95. The Bertz CT molecular complexity index is 645. The van der Waals surface area contributed by atoms with Crippen LogP contribution >= 0.6 is 0 Å². The summed E-state index contributed by atoms with van der Waals surface area (Å²) in [5.41, 5.74) is 1.30. The summed E-state index contributed by atoms with van der Waals surface area (Å²) in [6.07, 6.45) is 7.59. The van der Waals surface area contributed by atoms with Gasteiger partial charge in [0, 0.05) is 19.2 Å². The van der Waals surface area contributed by atoms with E-state index in [4.69, 9.17) is 6.42 Å². The standard InChI is InChI=1S/C13H14N2O.C6H6/c1-4-10-11(6-5-7-14-10)15-9-13(2,3)8-12(15)16;1-2-4-6-5-3-1/h1,5-7H,8-9H2,2-3H3;1-6H. The molecule has 2 aromatic rings. The summed E-state index contributed by atoms with van der Waals surface area (Å²) in [5.74, 6) is 2.64. The molecule has 0 saturated carbocycles. The maximum atomic E-state index is 11.9. The lowest BCUT2D eigenvalue weighted by Crippen LogP contribution is -2.26. The van der Waals surface area contributed by atoms with E-state index >= 15 is 0 Å². The molecule has 0 radical (unpaired) electrons. The number of hydrogen-bond acceptors (Lipinski definition) is 2. The summed E-state index contributed by atoms with van der Waals surface area (Å²) in [4.78, 5) is 17.7. The zero-order valence-electron chi connectivity index (χ0n) is 13.0. The van der Waals surface area contributed by atoms with Gasteiger partial charge in [-0.05, 0) is 23.5 Å². The fourth-order valence-electron chi connectivity index (χ4n) is 2.41.